The second kappa shape index (κ2) is 9.97. The Morgan fingerprint density at radius 3 is 2.73 bits per heavy atom. The third kappa shape index (κ3) is 4.74. The molecule has 1 aliphatic carbocycles. The van der Waals surface area contributed by atoms with E-state index in [0.29, 0.717) is 28.8 Å². The number of hydrogen-bond acceptors (Lipinski definition) is 7. The van der Waals surface area contributed by atoms with Gasteiger partial charge >= 0.3 is 5.97 Å². The third-order valence-electron chi connectivity index (χ3n) is 6.96. The van der Waals surface area contributed by atoms with Crippen LogP contribution in [0.15, 0.2) is 83.5 Å². The Hall–Kier alpha value is -4.33. The number of esters is 1. The summed E-state index contributed by atoms with van der Waals surface area (Å²) in [6, 6.07) is 14.4. The van der Waals surface area contributed by atoms with Crippen LogP contribution < -0.4 is 10.1 Å². The average molecular weight is 500 g/mol. The summed E-state index contributed by atoms with van der Waals surface area (Å²) < 4.78 is 12.9. The first kappa shape index (κ1) is 24.4. The Labute approximate surface area is 215 Å². The van der Waals surface area contributed by atoms with E-state index in [1.54, 1.807) is 49.4 Å². The maximum absolute atomic E-state index is 13.8. The molecular weight excluding hydrogens is 470 g/mol. The van der Waals surface area contributed by atoms with E-state index in [-0.39, 0.29) is 30.5 Å². The summed E-state index contributed by atoms with van der Waals surface area (Å²) >= 11 is 0. The Morgan fingerprint density at radius 1 is 1.19 bits per heavy atom. The first-order valence-corrected chi connectivity index (χ1v) is 12.2. The average Bonchev–Trinajstić information content (AvgIpc) is 3.31. The maximum Gasteiger partial charge on any atom is 0.337 e. The first-order valence-electron chi connectivity index (χ1n) is 12.2. The molecular formula is C29H29N3O5. The molecule has 2 unspecified atom stereocenters. The van der Waals surface area contributed by atoms with Crippen LogP contribution in [0.5, 0.6) is 11.5 Å². The van der Waals surface area contributed by atoms with Crippen LogP contribution in [0.1, 0.15) is 48.3 Å². The molecule has 0 saturated heterocycles. The van der Waals surface area contributed by atoms with E-state index in [2.05, 4.69) is 10.4 Å². The van der Waals surface area contributed by atoms with E-state index in [4.69, 9.17) is 9.47 Å². The highest BCUT2D eigenvalue weighted by Gasteiger charge is 2.42. The first-order chi connectivity index (χ1) is 17.9. The maximum atomic E-state index is 13.8. The Kier molecular flexibility index (Phi) is 6.56. The minimum Gasteiger partial charge on any atom is -0.508 e. The standard InChI is InChI=1S/C29H29N3O5/c1-17-26(29(35)37-16-18-14-30-32(2)15-18)27(19-7-6-8-21(33)11-19)28-23(31-17)12-20(13-24(28)34)22-9-4-5-10-25(22)36-3/h4-11,14-15,20,27,31,33H,12-13,16H2,1-3H3. The molecule has 1 aromatic heterocycles. The van der Waals surface area contributed by atoms with Gasteiger partial charge in [-0.2, -0.15) is 5.10 Å². The van der Waals surface area contributed by atoms with Crippen molar-refractivity contribution in [2.45, 2.75) is 38.2 Å². The number of nitrogens with one attached hydrogen (secondary N) is 1. The Morgan fingerprint density at radius 2 is 2.00 bits per heavy atom. The highest BCUT2D eigenvalue weighted by atomic mass is 16.5. The number of ketones is 1. The number of nitrogens with zero attached hydrogens (tertiary/aromatic N) is 2. The topological polar surface area (TPSA) is 103 Å². The molecule has 37 heavy (non-hydrogen) atoms. The number of allylic oxidation sites excluding steroid dienone is 3. The number of carbonyl (C=O) groups excluding carboxylic acids is 2. The molecule has 0 bridgehead atoms. The van der Waals surface area contributed by atoms with E-state index >= 15 is 0 Å². The van der Waals surface area contributed by atoms with Crippen molar-refractivity contribution in [2.24, 2.45) is 7.05 Å². The van der Waals surface area contributed by atoms with Crippen molar-refractivity contribution in [3.8, 4) is 11.5 Å². The molecule has 190 valence electrons. The van der Waals surface area contributed by atoms with E-state index in [1.165, 1.54) is 0 Å². The van der Waals surface area contributed by atoms with Crippen LogP contribution in [-0.4, -0.2) is 33.7 Å². The molecule has 8 heteroatoms. The number of carbonyl (C=O) groups is 2. The molecule has 2 N–H and O–H groups in total. The van der Waals surface area contributed by atoms with Crippen LogP contribution >= 0.6 is 0 Å². The van der Waals surface area contributed by atoms with Gasteiger partial charge in [-0.15, -0.1) is 0 Å². The van der Waals surface area contributed by atoms with Gasteiger partial charge in [-0.3, -0.25) is 9.48 Å². The molecule has 0 radical (unpaired) electrons. The zero-order valence-corrected chi connectivity index (χ0v) is 21.0. The van der Waals surface area contributed by atoms with Gasteiger partial charge in [0.25, 0.3) is 0 Å². The van der Waals surface area contributed by atoms with Crippen molar-refractivity contribution in [2.75, 3.05) is 7.11 Å². The lowest BCUT2D eigenvalue weighted by Gasteiger charge is -2.37. The number of Topliss-reactive ketones (excluding diaryl/α,β-unsaturated/α-hetero) is 1. The van der Waals surface area contributed by atoms with Crippen molar-refractivity contribution < 1.29 is 24.2 Å². The number of aryl methyl sites for hydroxylation is 1. The summed E-state index contributed by atoms with van der Waals surface area (Å²) in [4.78, 5) is 27.2. The number of rotatable bonds is 6. The van der Waals surface area contributed by atoms with E-state index in [9.17, 15) is 14.7 Å². The van der Waals surface area contributed by atoms with Gasteiger partial charge in [-0.1, -0.05) is 30.3 Å². The molecule has 2 atom stereocenters. The lowest BCUT2D eigenvalue weighted by molar-refractivity contribution is -0.140. The second-order valence-corrected chi connectivity index (χ2v) is 9.45. The fourth-order valence-electron chi connectivity index (χ4n) is 5.34. The highest BCUT2D eigenvalue weighted by Crippen LogP contribution is 2.47. The number of aromatic hydroxyl groups is 1. The minimum atomic E-state index is -0.657. The van der Waals surface area contributed by atoms with E-state index < -0.39 is 11.9 Å². The van der Waals surface area contributed by atoms with Gasteiger partial charge in [0.15, 0.2) is 5.78 Å². The lowest BCUT2D eigenvalue weighted by Crippen LogP contribution is -2.36. The molecule has 3 aromatic rings. The third-order valence-corrected chi connectivity index (χ3v) is 6.96. The smallest absolute Gasteiger partial charge is 0.337 e. The lowest BCUT2D eigenvalue weighted by atomic mass is 9.71. The number of benzene rings is 2. The molecule has 0 spiro atoms. The van der Waals surface area contributed by atoms with Crippen molar-refractivity contribution in [1.29, 1.82) is 0 Å². The summed E-state index contributed by atoms with van der Waals surface area (Å²) in [5, 5.41) is 17.7. The number of aromatic nitrogens is 2. The van der Waals surface area contributed by atoms with Crippen molar-refractivity contribution in [3.05, 3.63) is 100 Å². The largest absolute Gasteiger partial charge is 0.508 e. The SMILES string of the molecule is COc1ccccc1C1CC(=O)C2=C(C1)NC(C)=C(C(=O)OCc1cnn(C)c1)C2c1cccc(O)c1. The predicted molar refractivity (Wildman–Crippen MR) is 137 cm³/mol. The number of dihydropyridines is 1. The van der Waals surface area contributed by atoms with Crippen LogP contribution in [0.25, 0.3) is 0 Å². The van der Waals surface area contributed by atoms with Gasteiger partial charge in [0.2, 0.25) is 0 Å². The number of phenols is 1. The number of para-hydroxylation sites is 1. The molecule has 0 fully saturated rings. The van der Waals surface area contributed by atoms with Crippen LogP contribution in [0.3, 0.4) is 0 Å². The zero-order valence-electron chi connectivity index (χ0n) is 21.0. The van der Waals surface area contributed by atoms with E-state index in [1.807, 2.05) is 37.3 Å². The molecule has 1 aliphatic heterocycles. The van der Waals surface area contributed by atoms with Crippen molar-refractivity contribution in [1.82, 2.24) is 15.1 Å². The summed E-state index contributed by atoms with van der Waals surface area (Å²) in [7, 11) is 3.42. The normalized spacial score (nSPS) is 19.4. The molecule has 8 nitrogen and oxygen atoms in total. The summed E-state index contributed by atoms with van der Waals surface area (Å²) in [6.07, 6.45) is 4.30. The summed E-state index contributed by atoms with van der Waals surface area (Å²) in [5.74, 6) is -0.482. The van der Waals surface area contributed by atoms with Gasteiger partial charge in [-0.05, 0) is 42.7 Å². The van der Waals surface area contributed by atoms with Crippen molar-refractivity contribution >= 4 is 11.8 Å². The fraction of sp³-hybridized carbons (Fsp3) is 0.276. The monoisotopic (exact) mass is 499 g/mol. The predicted octanol–water partition coefficient (Wildman–Crippen LogP) is 4.24. The van der Waals surface area contributed by atoms with E-state index in [0.717, 1.165) is 22.6 Å². The second-order valence-electron chi connectivity index (χ2n) is 9.45. The molecule has 2 heterocycles. The number of methoxy groups -OCH3 is 1. The van der Waals surface area contributed by atoms with Gasteiger partial charge in [0.1, 0.15) is 18.1 Å². The Bertz CT molecular complexity index is 1430. The van der Waals surface area contributed by atoms with Gasteiger partial charge in [-0.25, -0.2) is 4.79 Å². The molecule has 2 aromatic carbocycles. The summed E-state index contributed by atoms with van der Waals surface area (Å²) in [6.45, 7) is 1.88. The van der Waals surface area contributed by atoms with Crippen LogP contribution in [0.4, 0.5) is 0 Å². The van der Waals surface area contributed by atoms with Crippen LogP contribution in [0, 0.1) is 0 Å². The van der Waals surface area contributed by atoms with Crippen LogP contribution in [0.2, 0.25) is 0 Å². The molecule has 0 amide bonds. The summed E-state index contributed by atoms with van der Waals surface area (Å²) in [5.41, 5.74) is 4.70. The zero-order chi connectivity index (χ0) is 26.1. The van der Waals surface area contributed by atoms with Crippen LogP contribution in [-0.2, 0) is 28.0 Å². The molecule has 2 aliphatic rings. The van der Waals surface area contributed by atoms with Gasteiger partial charge in [0, 0.05) is 54.0 Å². The number of phenolic OH excluding ortho intramolecular Hbond substituents is 1. The van der Waals surface area contributed by atoms with Gasteiger partial charge < -0.3 is 19.9 Å². The highest BCUT2D eigenvalue weighted by molar-refractivity contribution is 6.04. The number of ether oxygens (including phenoxy) is 2. The molecule has 0 saturated carbocycles. The number of hydrogen-bond donors (Lipinski definition) is 2. The minimum absolute atomic E-state index is 0.0527. The van der Waals surface area contributed by atoms with Gasteiger partial charge in [0.05, 0.1) is 18.9 Å². The quantitative estimate of drug-likeness (QED) is 0.489. The fourth-order valence-corrected chi connectivity index (χ4v) is 5.34. The Balaban J connectivity index is 1.52. The van der Waals surface area contributed by atoms with Crippen molar-refractivity contribution in [3.63, 3.8) is 0 Å². The molecule has 5 rings (SSSR count).